The van der Waals surface area contributed by atoms with Crippen LogP contribution in [-0.4, -0.2) is 22.5 Å². The fourth-order valence-electron chi connectivity index (χ4n) is 3.38. The van der Waals surface area contributed by atoms with Gasteiger partial charge in [-0.2, -0.15) is 0 Å². The van der Waals surface area contributed by atoms with Crippen LogP contribution in [0.3, 0.4) is 0 Å². The molecule has 1 unspecified atom stereocenters. The Kier molecular flexibility index (Phi) is 7.66. The van der Waals surface area contributed by atoms with Crippen LogP contribution in [0.15, 0.2) is 60.7 Å². The zero-order chi connectivity index (χ0) is 21.3. The Labute approximate surface area is 178 Å². The van der Waals surface area contributed by atoms with E-state index in [0.717, 1.165) is 48.2 Å². The van der Waals surface area contributed by atoms with Crippen molar-refractivity contribution in [1.82, 2.24) is 9.78 Å². The Morgan fingerprint density at radius 2 is 1.87 bits per heavy atom. The van der Waals surface area contributed by atoms with E-state index in [0.29, 0.717) is 12.5 Å². The molecule has 0 bridgehead atoms. The first-order valence-corrected chi connectivity index (χ1v) is 10.7. The van der Waals surface area contributed by atoms with Crippen molar-refractivity contribution in [3.8, 4) is 22.8 Å². The third kappa shape index (κ3) is 5.72. The van der Waals surface area contributed by atoms with Crippen LogP contribution in [0, 0.1) is 12.8 Å². The van der Waals surface area contributed by atoms with Gasteiger partial charge in [0.25, 0.3) is 0 Å². The highest BCUT2D eigenvalue weighted by molar-refractivity contribution is 5.67. The van der Waals surface area contributed by atoms with Crippen LogP contribution in [0.2, 0.25) is 0 Å². The molecule has 0 saturated heterocycles. The van der Waals surface area contributed by atoms with Gasteiger partial charge in [0.05, 0.1) is 18.0 Å². The highest BCUT2D eigenvalue weighted by Crippen LogP contribution is 2.28. The van der Waals surface area contributed by atoms with Gasteiger partial charge in [0, 0.05) is 11.6 Å². The van der Waals surface area contributed by atoms with Gasteiger partial charge in [-0.05, 0) is 37.5 Å². The normalized spacial score (nSPS) is 11.8. The van der Waals surface area contributed by atoms with Crippen LogP contribution in [0.4, 0.5) is 4.79 Å². The number of hydrogen-bond acceptors (Lipinski definition) is 4. The van der Waals surface area contributed by atoms with E-state index in [2.05, 4.69) is 25.0 Å². The molecule has 3 aromatic rings. The molecular weight excluding hydrogens is 376 g/mol. The SMILES string of the molecule is CCCCC(CC)COC(=O)Oc1cc(-c2cccc(C)c2)n(-c2ccccc2)n1. The largest absolute Gasteiger partial charge is 0.515 e. The summed E-state index contributed by atoms with van der Waals surface area (Å²) < 4.78 is 12.6. The van der Waals surface area contributed by atoms with Crippen molar-refractivity contribution in [1.29, 1.82) is 0 Å². The van der Waals surface area contributed by atoms with Gasteiger partial charge in [0.2, 0.25) is 5.88 Å². The molecule has 0 aliphatic carbocycles. The minimum absolute atomic E-state index is 0.224. The smallest absolute Gasteiger partial charge is 0.434 e. The molecule has 0 N–H and O–H groups in total. The van der Waals surface area contributed by atoms with Crippen molar-refractivity contribution >= 4 is 6.16 Å². The predicted molar refractivity (Wildman–Crippen MR) is 119 cm³/mol. The van der Waals surface area contributed by atoms with Crippen molar-refractivity contribution in [2.45, 2.75) is 46.5 Å². The van der Waals surface area contributed by atoms with Gasteiger partial charge >= 0.3 is 6.16 Å². The van der Waals surface area contributed by atoms with Crippen molar-refractivity contribution < 1.29 is 14.3 Å². The number of rotatable bonds is 9. The van der Waals surface area contributed by atoms with Gasteiger partial charge in [-0.25, -0.2) is 9.48 Å². The van der Waals surface area contributed by atoms with Gasteiger partial charge < -0.3 is 9.47 Å². The number of para-hydroxylation sites is 1. The molecule has 0 amide bonds. The van der Waals surface area contributed by atoms with Crippen LogP contribution in [0.1, 0.15) is 45.1 Å². The standard InChI is InChI=1S/C25H30N2O3/c1-4-6-12-20(5-2)18-29-25(28)30-24-17-23(21-13-10-11-19(3)16-21)27(26-24)22-14-8-7-9-15-22/h7-11,13-17,20H,4-6,12,18H2,1-3H3. The first-order chi connectivity index (χ1) is 14.6. The molecule has 0 fully saturated rings. The second kappa shape index (κ2) is 10.6. The lowest BCUT2D eigenvalue weighted by molar-refractivity contribution is 0.0797. The van der Waals surface area contributed by atoms with E-state index in [4.69, 9.17) is 9.47 Å². The molecule has 1 atom stereocenters. The lowest BCUT2D eigenvalue weighted by Gasteiger charge is -2.13. The average Bonchev–Trinajstić information content (AvgIpc) is 3.18. The quantitative estimate of drug-likeness (QED) is 0.377. The molecule has 158 valence electrons. The summed E-state index contributed by atoms with van der Waals surface area (Å²) in [5.41, 5.74) is 3.89. The maximum Gasteiger partial charge on any atom is 0.515 e. The minimum atomic E-state index is -0.710. The number of carbonyl (C=O) groups is 1. The van der Waals surface area contributed by atoms with Gasteiger partial charge in [0.1, 0.15) is 0 Å². The topological polar surface area (TPSA) is 53.4 Å². The van der Waals surface area contributed by atoms with Crippen molar-refractivity contribution in [3.63, 3.8) is 0 Å². The van der Waals surface area contributed by atoms with Gasteiger partial charge in [-0.15, -0.1) is 5.10 Å². The molecular formula is C25H30N2O3. The Hall–Kier alpha value is -3.08. The fraction of sp³-hybridized carbons (Fsp3) is 0.360. The number of unbranched alkanes of at least 4 members (excludes halogenated alkanes) is 1. The maximum atomic E-state index is 12.3. The fourth-order valence-corrected chi connectivity index (χ4v) is 3.38. The van der Waals surface area contributed by atoms with Crippen LogP contribution in [-0.2, 0) is 4.74 Å². The highest BCUT2D eigenvalue weighted by Gasteiger charge is 2.17. The van der Waals surface area contributed by atoms with E-state index >= 15 is 0 Å². The number of aryl methyl sites for hydroxylation is 1. The van der Waals surface area contributed by atoms with Crippen LogP contribution < -0.4 is 4.74 Å². The zero-order valence-electron chi connectivity index (χ0n) is 18.0. The summed E-state index contributed by atoms with van der Waals surface area (Å²) in [6, 6.07) is 19.7. The molecule has 1 aromatic heterocycles. The molecule has 5 nitrogen and oxygen atoms in total. The number of benzene rings is 2. The summed E-state index contributed by atoms with van der Waals surface area (Å²) in [5.74, 6) is 0.587. The first kappa shape index (κ1) is 21.6. The van der Waals surface area contributed by atoms with Gasteiger partial charge in [-0.1, -0.05) is 75.1 Å². The third-order valence-corrected chi connectivity index (χ3v) is 5.17. The van der Waals surface area contributed by atoms with Gasteiger partial charge in [-0.3, -0.25) is 0 Å². The van der Waals surface area contributed by atoms with Crippen LogP contribution >= 0.6 is 0 Å². The minimum Gasteiger partial charge on any atom is -0.434 e. The molecule has 1 heterocycles. The molecule has 0 saturated carbocycles. The van der Waals surface area contributed by atoms with Crippen molar-refractivity contribution in [3.05, 3.63) is 66.2 Å². The number of aromatic nitrogens is 2. The van der Waals surface area contributed by atoms with Crippen molar-refractivity contribution in [2.24, 2.45) is 5.92 Å². The van der Waals surface area contributed by atoms with Crippen LogP contribution in [0.5, 0.6) is 5.88 Å². The summed E-state index contributed by atoms with van der Waals surface area (Å²) in [6.07, 6.45) is 3.60. The monoisotopic (exact) mass is 406 g/mol. The zero-order valence-corrected chi connectivity index (χ0v) is 18.0. The summed E-state index contributed by atoms with van der Waals surface area (Å²) in [7, 11) is 0. The van der Waals surface area contributed by atoms with E-state index < -0.39 is 6.16 Å². The maximum absolute atomic E-state index is 12.3. The molecule has 0 spiro atoms. The highest BCUT2D eigenvalue weighted by atomic mass is 16.7. The second-order valence-corrected chi connectivity index (χ2v) is 7.56. The summed E-state index contributed by atoms with van der Waals surface area (Å²) in [4.78, 5) is 12.3. The molecule has 3 rings (SSSR count). The Bertz CT molecular complexity index is 950. The lowest BCUT2D eigenvalue weighted by atomic mass is 10.0. The van der Waals surface area contributed by atoms with E-state index in [1.54, 1.807) is 10.7 Å². The molecule has 5 heteroatoms. The number of nitrogens with zero attached hydrogens (tertiary/aromatic N) is 2. The molecule has 0 aliphatic rings. The third-order valence-electron chi connectivity index (χ3n) is 5.17. The molecule has 0 aliphatic heterocycles. The predicted octanol–water partition coefficient (Wildman–Crippen LogP) is 6.58. The van der Waals surface area contributed by atoms with Crippen LogP contribution in [0.25, 0.3) is 16.9 Å². The number of ether oxygens (including phenoxy) is 2. The van der Waals surface area contributed by atoms with E-state index in [-0.39, 0.29) is 5.88 Å². The summed E-state index contributed by atoms with van der Waals surface area (Å²) in [6.45, 7) is 6.70. The Morgan fingerprint density at radius 3 is 2.57 bits per heavy atom. The Morgan fingerprint density at radius 1 is 1.07 bits per heavy atom. The van der Waals surface area contributed by atoms with Gasteiger partial charge in [0.15, 0.2) is 0 Å². The summed E-state index contributed by atoms with van der Waals surface area (Å²) in [5, 5.41) is 4.52. The average molecular weight is 407 g/mol. The second-order valence-electron chi connectivity index (χ2n) is 7.56. The van der Waals surface area contributed by atoms with E-state index in [9.17, 15) is 4.79 Å². The van der Waals surface area contributed by atoms with E-state index in [1.165, 1.54) is 0 Å². The van der Waals surface area contributed by atoms with Crippen molar-refractivity contribution in [2.75, 3.05) is 6.61 Å². The molecule has 0 radical (unpaired) electrons. The number of carbonyl (C=O) groups excluding carboxylic acids is 1. The van der Waals surface area contributed by atoms with E-state index in [1.807, 2.05) is 55.5 Å². The lowest BCUT2D eigenvalue weighted by Crippen LogP contribution is -2.17. The molecule has 2 aromatic carbocycles. The number of hydrogen-bond donors (Lipinski definition) is 0. The first-order valence-electron chi connectivity index (χ1n) is 10.7. The summed E-state index contributed by atoms with van der Waals surface area (Å²) >= 11 is 0. The Balaban J connectivity index is 1.78. The molecule has 30 heavy (non-hydrogen) atoms.